The Bertz CT molecular complexity index is 4600. The first-order chi connectivity index (χ1) is 38.6. The average molecular weight is 1060 g/mol. The van der Waals surface area contributed by atoms with Crippen molar-refractivity contribution in [3.63, 3.8) is 0 Å². The lowest BCUT2D eigenvalue weighted by atomic mass is 9.89. The summed E-state index contributed by atoms with van der Waals surface area (Å²) in [6.07, 6.45) is 0.918. The van der Waals surface area contributed by atoms with E-state index in [1.54, 1.807) is 0 Å². The molecule has 0 amide bonds. The maximum absolute atomic E-state index is 2.60. The molecule has 0 aliphatic carbocycles. The van der Waals surface area contributed by atoms with Crippen molar-refractivity contribution < 1.29 is 0 Å². The summed E-state index contributed by atoms with van der Waals surface area (Å²) in [5.74, 6) is 0.912. The van der Waals surface area contributed by atoms with E-state index < -0.39 is 0 Å². The smallest absolute Gasteiger partial charge is 0.0540 e. The van der Waals surface area contributed by atoms with Gasteiger partial charge >= 0.3 is 0 Å². The second-order valence-electron chi connectivity index (χ2n) is 22.4. The normalized spacial score (nSPS) is 12.1. The molecule has 0 fully saturated rings. The molecular formula is C75H62N2S2. The number of hydrogen-bond donors (Lipinski definition) is 0. The van der Waals surface area contributed by atoms with Crippen molar-refractivity contribution in [1.82, 2.24) is 0 Å². The van der Waals surface area contributed by atoms with E-state index in [1.165, 1.54) is 140 Å². The zero-order chi connectivity index (χ0) is 53.6. The van der Waals surface area contributed by atoms with E-state index >= 15 is 0 Å². The fraction of sp³-hybridized carbons (Fsp3) is 0.147. The van der Waals surface area contributed by atoms with Crippen LogP contribution in [0.25, 0.3) is 94.9 Å². The number of rotatable bonds is 12. The van der Waals surface area contributed by atoms with Gasteiger partial charge in [0.2, 0.25) is 0 Å². The molecule has 0 spiro atoms. The Balaban J connectivity index is 0.971. The number of para-hydroxylation sites is 2. The third-order valence-corrected chi connectivity index (χ3v) is 19.2. The van der Waals surface area contributed by atoms with Crippen LogP contribution >= 0.6 is 22.7 Å². The van der Waals surface area contributed by atoms with Crippen LogP contribution in [-0.2, 0) is 6.42 Å². The van der Waals surface area contributed by atoms with Crippen LogP contribution in [0.5, 0.6) is 0 Å². The van der Waals surface area contributed by atoms with Gasteiger partial charge in [-0.25, -0.2) is 0 Å². The lowest BCUT2D eigenvalue weighted by Gasteiger charge is -2.34. The van der Waals surface area contributed by atoms with Crippen molar-refractivity contribution in [2.24, 2.45) is 0 Å². The lowest BCUT2D eigenvalue weighted by Crippen LogP contribution is -2.16. The molecule has 2 nitrogen and oxygen atoms in total. The van der Waals surface area contributed by atoms with Crippen LogP contribution in [0.1, 0.15) is 88.5 Å². The Labute approximate surface area is 471 Å². The minimum atomic E-state index is 0.301. The molecule has 384 valence electrons. The highest BCUT2D eigenvalue weighted by Gasteiger charge is 2.28. The van der Waals surface area contributed by atoms with Crippen molar-refractivity contribution in [2.75, 3.05) is 9.80 Å². The van der Waals surface area contributed by atoms with E-state index in [1.807, 2.05) is 22.7 Å². The van der Waals surface area contributed by atoms with E-state index in [0.29, 0.717) is 17.8 Å². The summed E-state index contributed by atoms with van der Waals surface area (Å²) in [6, 6.07) is 82.9. The summed E-state index contributed by atoms with van der Waals surface area (Å²) in [7, 11) is 0. The topological polar surface area (TPSA) is 6.48 Å². The van der Waals surface area contributed by atoms with Gasteiger partial charge in [0.1, 0.15) is 0 Å². The number of thiophene rings is 2. The van der Waals surface area contributed by atoms with Gasteiger partial charge in [0.25, 0.3) is 0 Å². The van der Waals surface area contributed by atoms with Crippen LogP contribution in [0.2, 0.25) is 0 Å². The molecule has 79 heavy (non-hydrogen) atoms. The maximum atomic E-state index is 2.60. The summed E-state index contributed by atoms with van der Waals surface area (Å²) in [6.45, 7) is 16.3. The second-order valence-corrected chi connectivity index (χ2v) is 24.5. The monoisotopic (exact) mass is 1050 g/mol. The van der Waals surface area contributed by atoms with Crippen LogP contribution in [0.4, 0.5) is 34.1 Å². The predicted octanol–water partition coefficient (Wildman–Crippen LogP) is 23.5. The van der Waals surface area contributed by atoms with Crippen LogP contribution in [0.15, 0.2) is 218 Å². The Kier molecular flexibility index (Phi) is 12.1. The Morgan fingerprint density at radius 3 is 1.19 bits per heavy atom. The van der Waals surface area contributed by atoms with E-state index in [2.05, 4.69) is 277 Å². The van der Waals surface area contributed by atoms with Gasteiger partial charge in [0.05, 0.1) is 22.7 Å². The highest BCUT2D eigenvalue weighted by Crippen LogP contribution is 2.52. The first-order valence-electron chi connectivity index (χ1n) is 28.2. The van der Waals surface area contributed by atoms with Crippen molar-refractivity contribution >= 4 is 129 Å². The predicted molar refractivity (Wildman–Crippen MR) is 348 cm³/mol. The van der Waals surface area contributed by atoms with Crippen LogP contribution in [0, 0.1) is 0 Å². The first-order valence-corrected chi connectivity index (χ1v) is 29.8. The molecule has 0 atom stereocenters. The Hall–Kier alpha value is -8.28. The molecular weight excluding hydrogens is 993 g/mol. The average Bonchev–Trinajstić information content (AvgIpc) is 4.17. The van der Waals surface area contributed by atoms with Gasteiger partial charge in [-0.1, -0.05) is 218 Å². The van der Waals surface area contributed by atoms with Crippen LogP contribution in [-0.4, -0.2) is 0 Å². The van der Waals surface area contributed by atoms with Crippen molar-refractivity contribution in [3.8, 4) is 22.3 Å². The van der Waals surface area contributed by atoms with Gasteiger partial charge < -0.3 is 9.80 Å². The third-order valence-electron chi connectivity index (χ3n) is 16.7. The Morgan fingerprint density at radius 1 is 0.342 bits per heavy atom. The van der Waals surface area contributed by atoms with Gasteiger partial charge in [0, 0.05) is 62.5 Å². The van der Waals surface area contributed by atoms with Gasteiger partial charge in [-0.3, -0.25) is 0 Å². The van der Waals surface area contributed by atoms with Gasteiger partial charge in [-0.2, -0.15) is 0 Å². The van der Waals surface area contributed by atoms with E-state index in [0.717, 1.165) is 17.8 Å². The molecule has 14 rings (SSSR count). The lowest BCUT2D eigenvalue weighted by molar-refractivity contribution is 0.831. The molecule has 0 saturated heterocycles. The minimum Gasteiger partial charge on any atom is -0.309 e. The number of anilines is 6. The largest absolute Gasteiger partial charge is 0.309 e. The molecule has 0 aliphatic heterocycles. The number of nitrogens with zero attached hydrogens (tertiary/aromatic N) is 2. The molecule has 4 heteroatoms. The van der Waals surface area contributed by atoms with Crippen LogP contribution in [0.3, 0.4) is 0 Å². The molecule has 12 aromatic carbocycles. The molecule has 0 N–H and O–H groups in total. The zero-order valence-corrected chi connectivity index (χ0v) is 47.6. The maximum Gasteiger partial charge on any atom is 0.0540 e. The highest BCUT2D eigenvalue weighted by molar-refractivity contribution is 7.26. The molecule has 0 unspecified atom stereocenters. The summed E-state index contributed by atoms with van der Waals surface area (Å²) in [4.78, 5) is 5.19. The number of hydrogen-bond acceptors (Lipinski definition) is 4. The summed E-state index contributed by atoms with van der Waals surface area (Å²) in [5, 5.41) is 12.8. The van der Waals surface area contributed by atoms with Crippen molar-refractivity contribution in [2.45, 2.75) is 72.6 Å². The van der Waals surface area contributed by atoms with Gasteiger partial charge in [0.15, 0.2) is 0 Å². The van der Waals surface area contributed by atoms with E-state index in [-0.39, 0.29) is 0 Å². The molecule has 14 aromatic rings. The van der Waals surface area contributed by atoms with Crippen molar-refractivity contribution in [1.29, 1.82) is 0 Å². The second kappa shape index (κ2) is 19.6. The SMILES string of the molecule is CCc1cccc(C(C)C)c1N(c1ccc(-c2cccc3c2sc2ccccc23)cc1)c1ccc2ccc3c(N(c4ccc(-c5cccc6c5sc5ccccc56)cc4)c4c(C(C)C)cccc4C(C)C)ccc4ccc1c2c43. The molecule has 0 aliphatic rings. The van der Waals surface area contributed by atoms with E-state index in [4.69, 9.17) is 0 Å². The fourth-order valence-corrected chi connectivity index (χ4v) is 15.3. The third kappa shape index (κ3) is 8.02. The van der Waals surface area contributed by atoms with E-state index in [9.17, 15) is 0 Å². The number of benzene rings is 12. The minimum absolute atomic E-state index is 0.301. The molecule has 2 heterocycles. The number of aryl methyl sites for hydroxylation is 1. The summed E-state index contributed by atoms with van der Waals surface area (Å²) in [5.41, 5.74) is 17.6. The Morgan fingerprint density at radius 2 is 0.734 bits per heavy atom. The van der Waals surface area contributed by atoms with Gasteiger partial charge in [-0.15, -0.1) is 22.7 Å². The molecule has 0 saturated carbocycles. The highest BCUT2D eigenvalue weighted by atomic mass is 32.1. The molecule has 2 aromatic heterocycles. The number of fused-ring (bicyclic) bond motifs is 6. The molecule has 0 bridgehead atoms. The zero-order valence-electron chi connectivity index (χ0n) is 45.9. The van der Waals surface area contributed by atoms with Crippen LogP contribution < -0.4 is 9.80 Å². The standard InChI is InChI=1S/C75H62N2S2/c1-8-48-17-13-20-55(45(2)3)72(48)76(53-37-29-49(30-38-53)58-23-15-25-62-60-18-9-11-27-68(60)78-74(58)62)66-43-35-51-34-42-65-67(44-36-52-33-41-64(66)70(51)71(52)65)77(73-56(46(4)5)21-14-22-57(73)47(6)7)54-39-31-50(32-40-54)59-24-16-26-63-61-19-10-12-28-69(61)79-75(59)63/h9-47H,8H2,1-7H3. The van der Waals surface area contributed by atoms with Gasteiger partial charge in [-0.05, 0) is 139 Å². The fourth-order valence-electron chi connectivity index (χ4n) is 12.9. The first kappa shape index (κ1) is 49.0. The van der Waals surface area contributed by atoms with Crippen molar-refractivity contribution in [3.05, 3.63) is 241 Å². The quantitative estimate of drug-likeness (QED) is 0.113. The summed E-state index contributed by atoms with van der Waals surface area (Å²) < 4.78 is 5.32. The summed E-state index contributed by atoms with van der Waals surface area (Å²) >= 11 is 3.79. The molecule has 0 radical (unpaired) electrons.